The molecule has 150 valence electrons. The van der Waals surface area contributed by atoms with Crippen molar-refractivity contribution < 1.29 is 37.3 Å². The molecular formula is C18H22F3NO5. The zero-order valence-electron chi connectivity index (χ0n) is 15.3. The molecule has 0 radical (unpaired) electrons. The first-order chi connectivity index (χ1) is 12.4. The average Bonchev–Trinajstić information content (AvgIpc) is 2.52. The van der Waals surface area contributed by atoms with E-state index in [0.717, 1.165) is 6.07 Å². The predicted molar refractivity (Wildman–Crippen MR) is 89.9 cm³/mol. The number of ether oxygens (including phenoxy) is 2. The summed E-state index contributed by atoms with van der Waals surface area (Å²) in [5.41, 5.74) is -0.538. The molecule has 1 aliphatic heterocycles. The highest BCUT2D eigenvalue weighted by atomic mass is 19.4. The fourth-order valence-corrected chi connectivity index (χ4v) is 2.90. The van der Waals surface area contributed by atoms with Crippen LogP contribution >= 0.6 is 0 Å². The van der Waals surface area contributed by atoms with Crippen LogP contribution in [0.3, 0.4) is 0 Å². The molecule has 0 aromatic heterocycles. The minimum Gasteiger partial charge on any atom is -0.478 e. The second kappa shape index (κ2) is 7.66. The highest BCUT2D eigenvalue weighted by Crippen LogP contribution is 2.33. The predicted octanol–water partition coefficient (Wildman–Crippen LogP) is 4.40. The molecule has 1 aromatic carbocycles. The van der Waals surface area contributed by atoms with Crippen LogP contribution in [0.5, 0.6) is 5.75 Å². The fourth-order valence-electron chi connectivity index (χ4n) is 2.90. The number of amides is 1. The van der Waals surface area contributed by atoms with Gasteiger partial charge in [-0.3, -0.25) is 0 Å². The number of halogens is 3. The normalized spacial score (nSPS) is 16.1. The maximum atomic E-state index is 12.4. The summed E-state index contributed by atoms with van der Waals surface area (Å²) in [6.45, 7) is 6.16. The molecule has 0 atom stereocenters. The number of hydrogen-bond acceptors (Lipinski definition) is 4. The Morgan fingerprint density at radius 3 is 2.22 bits per heavy atom. The lowest BCUT2D eigenvalue weighted by Crippen LogP contribution is -2.41. The smallest absolute Gasteiger partial charge is 0.478 e. The van der Waals surface area contributed by atoms with Gasteiger partial charge in [-0.1, -0.05) is 6.07 Å². The van der Waals surface area contributed by atoms with E-state index in [0.29, 0.717) is 31.5 Å². The first-order valence-corrected chi connectivity index (χ1v) is 8.46. The summed E-state index contributed by atoms with van der Waals surface area (Å²) in [6.07, 6.45) is -4.28. The average molecular weight is 389 g/mol. The van der Waals surface area contributed by atoms with Crippen molar-refractivity contribution in [1.29, 1.82) is 0 Å². The van der Waals surface area contributed by atoms with Crippen LogP contribution in [0.25, 0.3) is 0 Å². The summed E-state index contributed by atoms with van der Waals surface area (Å²) in [6, 6.07) is 3.66. The van der Waals surface area contributed by atoms with E-state index in [-0.39, 0.29) is 5.92 Å². The number of carbonyl (C=O) groups is 2. The van der Waals surface area contributed by atoms with Crippen LogP contribution in [0.1, 0.15) is 55.5 Å². The van der Waals surface area contributed by atoms with E-state index < -0.39 is 35.3 Å². The highest BCUT2D eigenvalue weighted by Gasteiger charge is 2.34. The van der Waals surface area contributed by atoms with Crippen molar-refractivity contribution in [3.63, 3.8) is 0 Å². The van der Waals surface area contributed by atoms with E-state index in [9.17, 15) is 27.9 Å². The molecule has 1 amide bonds. The first kappa shape index (κ1) is 20.9. The second-order valence-corrected chi connectivity index (χ2v) is 7.35. The van der Waals surface area contributed by atoms with E-state index in [1.54, 1.807) is 25.7 Å². The van der Waals surface area contributed by atoms with E-state index in [1.165, 1.54) is 12.1 Å². The van der Waals surface area contributed by atoms with Crippen molar-refractivity contribution in [3.05, 3.63) is 29.3 Å². The minimum absolute atomic E-state index is 0.0678. The Morgan fingerprint density at radius 2 is 1.74 bits per heavy atom. The molecule has 1 N–H and O–H groups in total. The summed E-state index contributed by atoms with van der Waals surface area (Å²) in [4.78, 5) is 25.0. The highest BCUT2D eigenvalue weighted by molar-refractivity contribution is 5.91. The van der Waals surface area contributed by atoms with E-state index in [4.69, 9.17) is 4.74 Å². The molecule has 1 fully saturated rings. The third kappa shape index (κ3) is 6.04. The summed E-state index contributed by atoms with van der Waals surface area (Å²) in [7, 11) is 0. The summed E-state index contributed by atoms with van der Waals surface area (Å²) >= 11 is 0. The lowest BCUT2D eigenvalue weighted by atomic mass is 9.88. The first-order valence-electron chi connectivity index (χ1n) is 8.46. The number of carboxylic acids is 1. The number of aromatic carboxylic acids is 1. The van der Waals surface area contributed by atoms with Gasteiger partial charge >= 0.3 is 18.4 Å². The maximum absolute atomic E-state index is 12.4. The summed E-state index contributed by atoms with van der Waals surface area (Å²) < 4.78 is 46.3. The topological polar surface area (TPSA) is 76.1 Å². The van der Waals surface area contributed by atoms with Gasteiger partial charge in [0.2, 0.25) is 0 Å². The number of carboxylic acid groups (broad SMARTS) is 1. The molecule has 0 unspecified atom stereocenters. The second-order valence-electron chi connectivity index (χ2n) is 7.35. The Balaban J connectivity index is 2.09. The van der Waals surface area contributed by atoms with Crippen molar-refractivity contribution in [3.8, 4) is 5.75 Å². The molecule has 1 aliphatic rings. The Morgan fingerprint density at radius 1 is 1.15 bits per heavy atom. The SMILES string of the molecule is CC(C)(C)OC(=O)N1CCC(c2ccc(OC(F)(F)F)c(C(=O)O)c2)CC1. The van der Waals surface area contributed by atoms with Crippen molar-refractivity contribution in [2.24, 2.45) is 0 Å². The number of hydrogen-bond donors (Lipinski definition) is 1. The molecule has 1 aromatic rings. The number of benzene rings is 1. The van der Waals surface area contributed by atoms with Gasteiger partial charge in [-0.15, -0.1) is 13.2 Å². The molecule has 9 heteroatoms. The largest absolute Gasteiger partial charge is 0.573 e. The lowest BCUT2D eigenvalue weighted by molar-refractivity contribution is -0.274. The van der Waals surface area contributed by atoms with Gasteiger partial charge in [0.25, 0.3) is 0 Å². The molecule has 27 heavy (non-hydrogen) atoms. The Bertz CT molecular complexity index is 704. The van der Waals surface area contributed by atoms with Gasteiger partial charge < -0.3 is 19.5 Å². The van der Waals surface area contributed by atoms with Gasteiger partial charge in [-0.25, -0.2) is 9.59 Å². The monoisotopic (exact) mass is 389 g/mol. The number of rotatable bonds is 3. The lowest BCUT2D eigenvalue weighted by Gasteiger charge is -2.33. The van der Waals surface area contributed by atoms with E-state index in [1.807, 2.05) is 0 Å². The molecule has 1 saturated heterocycles. The zero-order valence-corrected chi connectivity index (χ0v) is 15.3. The van der Waals surface area contributed by atoms with Crippen molar-refractivity contribution in [2.45, 2.75) is 51.5 Å². The summed E-state index contributed by atoms with van der Waals surface area (Å²) in [5, 5.41) is 9.19. The van der Waals surface area contributed by atoms with Crippen LogP contribution in [0.15, 0.2) is 18.2 Å². The van der Waals surface area contributed by atoms with E-state index in [2.05, 4.69) is 4.74 Å². The van der Waals surface area contributed by atoms with Crippen LogP contribution < -0.4 is 4.74 Å². The van der Waals surface area contributed by atoms with Crippen LogP contribution in [-0.2, 0) is 4.74 Å². The van der Waals surface area contributed by atoms with Crippen LogP contribution in [-0.4, -0.2) is 47.1 Å². The molecule has 6 nitrogen and oxygen atoms in total. The van der Waals surface area contributed by atoms with E-state index >= 15 is 0 Å². The maximum Gasteiger partial charge on any atom is 0.573 e. The van der Waals surface area contributed by atoms with Gasteiger partial charge in [0.05, 0.1) is 0 Å². The molecule has 1 heterocycles. The minimum atomic E-state index is -4.97. The summed E-state index contributed by atoms with van der Waals surface area (Å²) in [5.74, 6) is -2.31. The standard InChI is InChI=1S/C18H22F3NO5/c1-17(2,3)27-16(25)22-8-6-11(7-9-22)12-4-5-14(26-18(19,20)21)13(10-12)15(23)24/h4-5,10-11H,6-9H2,1-3H3,(H,23,24). The van der Waals surface area contributed by atoms with Crippen molar-refractivity contribution >= 4 is 12.1 Å². The fraction of sp³-hybridized carbons (Fsp3) is 0.556. The Kier molecular flexibility index (Phi) is 5.91. The van der Waals surface area contributed by atoms with Gasteiger partial charge in [-0.05, 0) is 57.2 Å². The molecule has 0 saturated carbocycles. The molecule has 0 bridgehead atoms. The Hall–Kier alpha value is -2.45. The van der Waals surface area contributed by atoms with Gasteiger partial charge in [0.15, 0.2) is 0 Å². The zero-order chi connectivity index (χ0) is 20.4. The third-order valence-electron chi connectivity index (χ3n) is 4.08. The molecule has 0 aliphatic carbocycles. The van der Waals surface area contributed by atoms with Crippen molar-refractivity contribution in [1.82, 2.24) is 4.90 Å². The molecule has 0 spiro atoms. The number of carbonyl (C=O) groups excluding carboxylic acids is 1. The van der Waals surface area contributed by atoms with Gasteiger partial charge in [0, 0.05) is 13.1 Å². The van der Waals surface area contributed by atoms with Gasteiger partial charge in [0.1, 0.15) is 16.9 Å². The number of piperidine rings is 1. The quantitative estimate of drug-likeness (QED) is 0.829. The third-order valence-corrected chi connectivity index (χ3v) is 4.08. The van der Waals surface area contributed by atoms with Gasteiger partial charge in [-0.2, -0.15) is 0 Å². The number of nitrogens with zero attached hydrogens (tertiary/aromatic N) is 1. The van der Waals surface area contributed by atoms with Crippen molar-refractivity contribution in [2.75, 3.05) is 13.1 Å². The van der Waals surface area contributed by atoms with Crippen LogP contribution in [0.2, 0.25) is 0 Å². The molecular weight excluding hydrogens is 367 g/mol. The number of alkyl halides is 3. The van der Waals surface area contributed by atoms with Crippen LogP contribution in [0, 0.1) is 0 Å². The Labute approximate surface area is 154 Å². The molecule has 2 rings (SSSR count). The van der Waals surface area contributed by atoms with Crippen LogP contribution in [0.4, 0.5) is 18.0 Å². The number of likely N-dealkylation sites (tertiary alicyclic amines) is 1.